The first-order chi connectivity index (χ1) is 14.2. The molecule has 5 heteroatoms. The number of benzene rings is 2. The molecule has 29 heavy (non-hydrogen) atoms. The van der Waals surface area contributed by atoms with Crippen LogP contribution >= 0.6 is 0 Å². The van der Waals surface area contributed by atoms with Crippen molar-refractivity contribution in [2.24, 2.45) is 0 Å². The largest absolute Gasteiger partial charge is 0.331 e. The lowest BCUT2D eigenvalue weighted by Gasteiger charge is -2.30. The highest BCUT2D eigenvalue weighted by Gasteiger charge is 2.40. The number of amides is 1. The van der Waals surface area contributed by atoms with Crippen LogP contribution in [0.25, 0.3) is 11.3 Å². The predicted molar refractivity (Wildman–Crippen MR) is 111 cm³/mol. The summed E-state index contributed by atoms with van der Waals surface area (Å²) in [5.41, 5.74) is 3.96. The number of hydrogen-bond donors (Lipinski definition) is 0. The molecule has 0 N–H and O–H groups in total. The minimum Gasteiger partial charge on any atom is -0.331 e. The zero-order valence-corrected chi connectivity index (χ0v) is 16.2. The molecule has 2 aliphatic carbocycles. The van der Waals surface area contributed by atoms with Gasteiger partial charge in [0, 0.05) is 17.7 Å². The monoisotopic (exact) mass is 385 g/mol. The summed E-state index contributed by atoms with van der Waals surface area (Å²) >= 11 is 0. The molecule has 146 valence electrons. The number of aryl methyl sites for hydroxylation is 1. The normalized spacial score (nSPS) is 17.7. The van der Waals surface area contributed by atoms with Crippen molar-refractivity contribution in [2.45, 2.75) is 44.3 Å². The summed E-state index contributed by atoms with van der Waals surface area (Å²) in [5, 5.41) is 4.47. The molecule has 0 spiro atoms. The summed E-state index contributed by atoms with van der Waals surface area (Å²) in [7, 11) is 0. The molecule has 0 bridgehead atoms. The molecule has 0 aliphatic heterocycles. The Morgan fingerprint density at radius 2 is 1.72 bits per heavy atom. The van der Waals surface area contributed by atoms with E-state index in [4.69, 9.17) is 0 Å². The van der Waals surface area contributed by atoms with Crippen LogP contribution in [0.1, 0.15) is 36.4 Å². The summed E-state index contributed by atoms with van der Waals surface area (Å²) in [4.78, 5) is 27.7. The number of fused-ring (bicyclic) bond motifs is 1. The van der Waals surface area contributed by atoms with Crippen LogP contribution in [0.5, 0.6) is 0 Å². The first-order valence-electron chi connectivity index (χ1n) is 10.2. The van der Waals surface area contributed by atoms with Crippen molar-refractivity contribution in [1.82, 2.24) is 14.7 Å². The minimum atomic E-state index is -0.249. The van der Waals surface area contributed by atoms with Gasteiger partial charge >= 0.3 is 0 Å². The van der Waals surface area contributed by atoms with Gasteiger partial charge in [0.2, 0.25) is 5.91 Å². The van der Waals surface area contributed by atoms with Gasteiger partial charge in [-0.2, -0.15) is 5.10 Å². The maximum atomic E-state index is 13.3. The second kappa shape index (κ2) is 7.32. The molecule has 2 aliphatic rings. The standard InChI is InChI=1S/C24H23N3O2/c28-23-15-13-21(18-7-2-1-3-8-18)25-26(23)16-24(29)27(19-11-12-19)22-14-10-17-6-4-5-9-20(17)22/h1-9,13,15,19,22H,10-12,14,16H2. The molecule has 1 aromatic heterocycles. The van der Waals surface area contributed by atoms with E-state index in [1.807, 2.05) is 41.3 Å². The maximum absolute atomic E-state index is 13.3. The van der Waals surface area contributed by atoms with E-state index in [1.165, 1.54) is 21.9 Å². The molecule has 1 heterocycles. The second-order valence-electron chi connectivity index (χ2n) is 7.87. The van der Waals surface area contributed by atoms with E-state index in [0.29, 0.717) is 5.69 Å². The maximum Gasteiger partial charge on any atom is 0.267 e. The Labute approximate surface area is 169 Å². The van der Waals surface area contributed by atoms with Crippen molar-refractivity contribution in [3.63, 3.8) is 0 Å². The summed E-state index contributed by atoms with van der Waals surface area (Å²) in [5.74, 6) is -0.0194. The molecule has 1 fully saturated rings. The van der Waals surface area contributed by atoms with Crippen LogP contribution in [0.3, 0.4) is 0 Å². The van der Waals surface area contributed by atoms with E-state index in [1.54, 1.807) is 6.07 Å². The third-order valence-electron chi connectivity index (χ3n) is 5.89. The molecule has 0 saturated heterocycles. The van der Waals surface area contributed by atoms with Gasteiger partial charge in [-0.3, -0.25) is 9.59 Å². The van der Waals surface area contributed by atoms with Crippen LogP contribution in [-0.2, 0) is 17.8 Å². The number of hydrogen-bond acceptors (Lipinski definition) is 3. The van der Waals surface area contributed by atoms with Crippen molar-refractivity contribution in [1.29, 1.82) is 0 Å². The molecule has 5 nitrogen and oxygen atoms in total. The number of aromatic nitrogens is 2. The molecule has 0 radical (unpaired) electrons. The fourth-order valence-electron chi connectivity index (χ4n) is 4.34. The molecule has 5 rings (SSSR count). The van der Waals surface area contributed by atoms with Gasteiger partial charge in [-0.15, -0.1) is 0 Å². The predicted octanol–water partition coefficient (Wildman–Crippen LogP) is 3.59. The summed E-state index contributed by atoms with van der Waals surface area (Å²) in [6, 6.07) is 21.7. The number of carbonyl (C=O) groups excluding carboxylic acids is 1. The highest BCUT2D eigenvalue weighted by molar-refractivity contribution is 5.77. The Bertz CT molecular complexity index is 1100. The van der Waals surface area contributed by atoms with Crippen LogP contribution in [0.2, 0.25) is 0 Å². The first kappa shape index (κ1) is 17.9. The zero-order chi connectivity index (χ0) is 19.8. The van der Waals surface area contributed by atoms with Crippen molar-refractivity contribution < 1.29 is 4.79 Å². The van der Waals surface area contributed by atoms with Crippen molar-refractivity contribution >= 4 is 5.91 Å². The first-order valence-corrected chi connectivity index (χ1v) is 10.2. The van der Waals surface area contributed by atoms with Gasteiger partial charge in [-0.05, 0) is 42.9 Å². The lowest BCUT2D eigenvalue weighted by atomic mass is 10.1. The Morgan fingerprint density at radius 1 is 0.966 bits per heavy atom. The Kier molecular flexibility index (Phi) is 4.51. The molecule has 1 atom stereocenters. The Hall–Kier alpha value is -3.21. The molecule has 1 unspecified atom stereocenters. The van der Waals surface area contributed by atoms with Gasteiger partial charge in [-0.1, -0.05) is 54.6 Å². The molecule has 2 aromatic carbocycles. The van der Waals surface area contributed by atoms with Gasteiger partial charge in [-0.25, -0.2) is 4.68 Å². The third-order valence-corrected chi connectivity index (χ3v) is 5.89. The molecular weight excluding hydrogens is 362 g/mol. The average Bonchev–Trinajstić information content (AvgIpc) is 3.50. The smallest absolute Gasteiger partial charge is 0.267 e. The number of rotatable bonds is 5. The van der Waals surface area contributed by atoms with E-state index in [0.717, 1.165) is 31.2 Å². The fourth-order valence-corrected chi connectivity index (χ4v) is 4.34. The van der Waals surface area contributed by atoms with Crippen LogP contribution < -0.4 is 5.56 Å². The lowest BCUT2D eigenvalue weighted by molar-refractivity contribution is -0.135. The number of nitrogens with zero attached hydrogens (tertiary/aromatic N) is 3. The van der Waals surface area contributed by atoms with Crippen LogP contribution in [0.4, 0.5) is 0 Å². The number of carbonyl (C=O) groups is 1. The summed E-state index contributed by atoms with van der Waals surface area (Å²) in [6.45, 7) is -0.0192. The van der Waals surface area contributed by atoms with Gasteiger partial charge in [0.25, 0.3) is 5.56 Å². The van der Waals surface area contributed by atoms with Crippen LogP contribution in [0, 0.1) is 0 Å². The van der Waals surface area contributed by atoms with E-state index >= 15 is 0 Å². The van der Waals surface area contributed by atoms with Gasteiger partial charge in [0.05, 0.1) is 11.7 Å². The fraction of sp³-hybridized carbons (Fsp3) is 0.292. The highest BCUT2D eigenvalue weighted by Crippen LogP contribution is 2.41. The van der Waals surface area contributed by atoms with Gasteiger partial charge in [0.1, 0.15) is 6.54 Å². The van der Waals surface area contributed by atoms with Crippen molar-refractivity contribution in [3.05, 3.63) is 88.2 Å². The van der Waals surface area contributed by atoms with Crippen molar-refractivity contribution in [3.8, 4) is 11.3 Å². The molecular formula is C24H23N3O2. The lowest BCUT2D eigenvalue weighted by Crippen LogP contribution is -2.40. The highest BCUT2D eigenvalue weighted by atomic mass is 16.2. The Balaban J connectivity index is 1.43. The van der Waals surface area contributed by atoms with Crippen molar-refractivity contribution in [2.75, 3.05) is 0 Å². The SMILES string of the molecule is O=C(Cn1nc(-c2ccccc2)ccc1=O)N(C1CC1)C1CCc2ccccc21. The second-order valence-corrected chi connectivity index (χ2v) is 7.87. The minimum absolute atomic E-state index is 0.0192. The summed E-state index contributed by atoms with van der Waals surface area (Å²) in [6.07, 6.45) is 4.03. The Morgan fingerprint density at radius 3 is 2.52 bits per heavy atom. The molecule has 1 saturated carbocycles. The quantitative estimate of drug-likeness (QED) is 0.674. The van der Waals surface area contributed by atoms with E-state index in [9.17, 15) is 9.59 Å². The van der Waals surface area contributed by atoms with Gasteiger partial charge < -0.3 is 4.90 Å². The van der Waals surface area contributed by atoms with Crippen LogP contribution in [0.15, 0.2) is 71.5 Å². The molecule has 3 aromatic rings. The van der Waals surface area contributed by atoms with Gasteiger partial charge in [0.15, 0.2) is 0 Å². The average molecular weight is 385 g/mol. The topological polar surface area (TPSA) is 55.2 Å². The summed E-state index contributed by atoms with van der Waals surface area (Å²) < 4.78 is 1.31. The van der Waals surface area contributed by atoms with E-state index in [-0.39, 0.29) is 30.1 Å². The van der Waals surface area contributed by atoms with E-state index < -0.39 is 0 Å². The van der Waals surface area contributed by atoms with E-state index in [2.05, 4.69) is 23.3 Å². The third kappa shape index (κ3) is 3.48. The van der Waals surface area contributed by atoms with Crippen LogP contribution in [-0.4, -0.2) is 26.6 Å². The molecule has 1 amide bonds. The zero-order valence-electron chi connectivity index (χ0n) is 16.2.